The molecular formula is C36H32N8O4Sn. The first-order valence-electron chi connectivity index (χ1n) is 15.2. The standard InChI is InChI=1S/2C17H14N4O2.2CH3.Sn/c2*18-17(23)21-20-15(11-6-2-1-3-7-11)10-13-12-8-4-5-9-14(12)19-16(13)22;;;/h2*1-10,19,22H,(H2,18,23);2*1H3;/q;;;;+2/p-2/b2*15-10-,21-20?;;;. The molecule has 4 aromatic carbocycles. The number of benzene rings is 4. The zero-order valence-corrected chi connectivity index (χ0v) is 29.4. The second kappa shape index (κ2) is 14.4. The van der Waals surface area contributed by atoms with E-state index >= 15 is 0 Å². The van der Waals surface area contributed by atoms with Gasteiger partial charge in [0.1, 0.15) is 0 Å². The predicted octanol–water partition coefficient (Wildman–Crippen LogP) is 9.27. The van der Waals surface area contributed by atoms with Gasteiger partial charge in [0.2, 0.25) is 0 Å². The van der Waals surface area contributed by atoms with Crippen molar-refractivity contribution in [3.05, 3.63) is 131 Å². The number of H-pyrrole nitrogens is 2. The fraction of sp³-hybridized carbons (Fsp3) is 0.0556. The van der Waals surface area contributed by atoms with E-state index in [4.69, 9.17) is 17.0 Å². The fourth-order valence-corrected chi connectivity index (χ4v) is 8.16. The first kappa shape index (κ1) is 32.9. The number of rotatable bonds is 8. The molecule has 6 N–H and O–H groups in total. The SMILES string of the molecule is [CH3][Sn]([CH3])([O]C(=N)N=N/C(=C\c1c(O)[nH]c2ccccc12)c1ccccc1)[O]C(=N)N=N/C(=C\c1c(O)[nH]c2ccccc12)c1ccccc1. The van der Waals surface area contributed by atoms with Crippen LogP contribution < -0.4 is 0 Å². The number of nitrogens with zero attached hydrogens (tertiary/aromatic N) is 4. The van der Waals surface area contributed by atoms with Crippen molar-refractivity contribution < 1.29 is 16.4 Å². The monoisotopic (exact) mass is 760 g/mol. The summed E-state index contributed by atoms with van der Waals surface area (Å²) in [5.74, 6) is -0.0313. The van der Waals surface area contributed by atoms with Crippen LogP contribution in [0.5, 0.6) is 11.8 Å². The Morgan fingerprint density at radius 3 is 1.35 bits per heavy atom. The number of azo groups is 2. The minimum absolute atomic E-state index is 0.0157. The van der Waals surface area contributed by atoms with Crippen LogP contribution in [-0.4, -0.2) is 51.4 Å². The maximum absolute atomic E-state index is 10.6. The number of aromatic amines is 2. The Labute approximate surface area is 286 Å². The van der Waals surface area contributed by atoms with Crippen LogP contribution in [0.2, 0.25) is 9.88 Å². The molecule has 0 saturated carbocycles. The first-order valence-corrected chi connectivity index (χ1v) is 23.2. The number of amidine groups is 2. The molecule has 0 aliphatic carbocycles. The number of hydrogen-bond acceptors (Lipinski definition) is 8. The van der Waals surface area contributed by atoms with Gasteiger partial charge in [-0.15, -0.1) is 0 Å². The third kappa shape index (κ3) is 7.93. The molecule has 6 aromatic rings. The molecule has 0 amide bonds. The zero-order chi connectivity index (χ0) is 34.4. The van der Waals surface area contributed by atoms with Crippen LogP contribution >= 0.6 is 0 Å². The van der Waals surface area contributed by atoms with E-state index in [0.717, 1.165) is 21.8 Å². The molecule has 2 heterocycles. The summed E-state index contributed by atoms with van der Waals surface area (Å²) in [6, 6.07) is 32.5. The molecule has 0 fully saturated rings. The van der Waals surface area contributed by atoms with Crippen LogP contribution in [0.1, 0.15) is 22.3 Å². The summed E-state index contributed by atoms with van der Waals surface area (Å²) in [5, 5.41) is 56.2. The van der Waals surface area contributed by atoms with Crippen LogP contribution in [0.25, 0.3) is 45.4 Å². The number of hydrogen-bond donors (Lipinski definition) is 6. The fourth-order valence-electron chi connectivity index (χ4n) is 5.15. The molecule has 0 aliphatic heterocycles. The van der Waals surface area contributed by atoms with E-state index in [-0.39, 0.29) is 11.8 Å². The number of nitrogens with one attached hydrogen (secondary N) is 4. The van der Waals surface area contributed by atoms with Crippen molar-refractivity contribution in [2.45, 2.75) is 9.88 Å². The van der Waals surface area contributed by atoms with Gasteiger partial charge in [-0.05, 0) is 0 Å². The van der Waals surface area contributed by atoms with Crippen molar-refractivity contribution in [2.75, 3.05) is 0 Å². The normalized spacial score (nSPS) is 12.7. The molecule has 0 bridgehead atoms. The minimum atomic E-state index is -4.10. The molecule has 0 radical (unpaired) electrons. The Bertz CT molecular complexity index is 2110. The quantitative estimate of drug-likeness (QED) is 0.0391. The van der Waals surface area contributed by atoms with Crippen molar-refractivity contribution >= 4 is 76.6 Å². The van der Waals surface area contributed by atoms with E-state index in [9.17, 15) is 10.2 Å². The summed E-state index contributed by atoms with van der Waals surface area (Å²) in [5.41, 5.74) is 4.82. The van der Waals surface area contributed by atoms with Gasteiger partial charge in [0, 0.05) is 0 Å². The van der Waals surface area contributed by atoms with Gasteiger partial charge < -0.3 is 0 Å². The molecule has 0 unspecified atom stereocenters. The van der Waals surface area contributed by atoms with Gasteiger partial charge in [-0.2, -0.15) is 0 Å². The second-order valence-electron chi connectivity index (χ2n) is 11.3. The Morgan fingerprint density at radius 1 is 0.571 bits per heavy atom. The van der Waals surface area contributed by atoms with Crippen LogP contribution in [0.4, 0.5) is 0 Å². The topological polar surface area (TPSA) is 188 Å². The predicted molar refractivity (Wildman–Crippen MR) is 193 cm³/mol. The van der Waals surface area contributed by atoms with E-state index in [1.807, 2.05) is 109 Å². The van der Waals surface area contributed by atoms with Crippen molar-refractivity contribution in [1.29, 1.82) is 10.8 Å². The summed E-state index contributed by atoms with van der Waals surface area (Å²) in [6.45, 7) is 0. The molecule has 0 spiro atoms. The van der Waals surface area contributed by atoms with Crippen molar-refractivity contribution in [3.8, 4) is 11.8 Å². The van der Waals surface area contributed by atoms with Crippen LogP contribution in [0.3, 0.4) is 0 Å². The molecule has 6 rings (SSSR count). The van der Waals surface area contributed by atoms with Gasteiger partial charge in [0.15, 0.2) is 0 Å². The van der Waals surface area contributed by atoms with Crippen molar-refractivity contribution in [1.82, 2.24) is 9.97 Å². The second-order valence-corrected chi connectivity index (χ2v) is 20.4. The zero-order valence-electron chi connectivity index (χ0n) is 26.5. The number of fused-ring (bicyclic) bond motifs is 2. The van der Waals surface area contributed by atoms with Crippen molar-refractivity contribution in [3.63, 3.8) is 0 Å². The molecule has 49 heavy (non-hydrogen) atoms. The van der Waals surface area contributed by atoms with Gasteiger partial charge in [-0.3, -0.25) is 0 Å². The summed E-state index contributed by atoms with van der Waals surface area (Å²) in [4.78, 5) is 9.33. The maximum atomic E-state index is 10.6. The van der Waals surface area contributed by atoms with E-state index in [2.05, 4.69) is 30.4 Å². The van der Waals surface area contributed by atoms with Gasteiger partial charge in [-0.25, -0.2) is 0 Å². The number of aromatic nitrogens is 2. The van der Waals surface area contributed by atoms with E-state index < -0.39 is 31.2 Å². The van der Waals surface area contributed by atoms with E-state index in [0.29, 0.717) is 33.6 Å². The summed E-state index contributed by atoms with van der Waals surface area (Å²) in [7, 11) is 0. The van der Waals surface area contributed by atoms with Gasteiger partial charge >= 0.3 is 287 Å². The molecule has 13 heteroatoms. The first-order chi connectivity index (χ1) is 23.7. The molecule has 12 nitrogen and oxygen atoms in total. The summed E-state index contributed by atoms with van der Waals surface area (Å²) in [6.07, 6.45) is 3.38. The molecular weight excluding hydrogens is 727 g/mol. The third-order valence-corrected chi connectivity index (χ3v) is 11.2. The van der Waals surface area contributed by atoms with Gasteiger partial charge in [-0.1, -0.05) is 0 Å². The Morgan fingerprint density at radius 2 is 0.939 bits per heavy atom. The molecule has 0 atom stereocenters. The van der Waals surface area contributed by atoms with Gasteiger partial charge in [0.05, 0.1) is 0 Å². The molecule has 244 valence electrons. The Balaban J connectivity index is 1.19. The van der Waals surface area contributed by atoms with Crippen LogP contribution in [-0.2, 0) is 6.15 Å². The van der Waals surface area contributed by atoms with Crippen LogP contribution in [0, 0.1) is 10.8 Å². The Hall–Kier alpha value is -6.02. The third-order valence-electron chi connectivity index (χ3n) is 7.33. The average molecular weight is 759 g/mol. The van der Waals surface area contributed by atoms with Gasteiger partial charge in [0.25, 0.3) is 0 Å². The molecule has 2 aromatic heterocycles. The summed E-state index contributed by atoms with van der Waals surface area (Å²) < 4.78 is 11.6. The molecule has 0 saturated heterocycles. The Kier molecular flexibility index (Phi) is 9.67. The molecule has 0 aliphatic rings. The average Bonchev–Trinajstić information content (AvgIpc) is 3.59. The van der Waals surface area contributed by atoms with E-state index in [1.165, 1.54) is 0 Å². The number of aromatic hydroxyl groups is 2. The van der Waals surface area contributed by atoms with E-state index in [1.54, 1.807) is 22.0 Å². The summed E-state index contributed by atoms with van der Waals surface area (Å²) >= 11 is -4.10. The van der Waals surface area contributed by atoms with Crippen LogP contribution in [0.15, 0.2) is 130 Å². The number of para-hydroxylation sites is 2. The van der Waals surface area contributed by atoms with Crippen molar-refractivity contribution in [2.24, 2.45) is 20.5 Å².